The van der Waals surface area contributed by atoms with Crippen LogP contribution in [0.3, 0.4) is 0 Å². The number of halogens is 1. The maximum atomic E-state index is 13.1. The van der Waals surface area contributed by atoms with Crippen LogP contribution in [-0.4, -0.2) is 61.7 Å². The topological polar surface area (TPSA) is 86.8 Å². The van der Waals surface area contributed by atoms with Gasteiger partial charge in [0.1, 0.15) is 5.82 Å². The van der Waals surface area contributed by atoms with Crippen molar-refractivity contribution in [3.63, 3.8) is 0 Å². The van der Waals surface area contributed by atoms with Crippen LogP contribution in [0.25, 0.3) is 0 Å². The summed E-state index contributed by atoms with van der Waals surface area (Å²) in [4.78, 5) is 26.1. The van der Waals surface area contributed by atoms with E-state index in [1.165, 1.54) is 28.4 Å². The van der Waals surface area contributed by atoms with E-state index in [0.29, 0.717) is 19.4 Å². The van der Waals surface area contributed by atoms with Crippen molar-refractivity contribution in [2.75, 3.05) is 26.7 Å². The Morgan fingerprint density at radius 2 is 1.86 bits per heavy atom. The molecule has 1 fully saturated rings. The van der Waals surface area contributed by atoms with Gasteiger partial charge in [0.05, 0.1) is 17.4 Å². The average molecular weight is 414 g/mol. The molecule has 156 valence electrons. The van der Waals surface area contributed by atoms with Gasteiger partial charge in [-0.15, -0.1) is 0 Å². The first-order valence-corrected chi connectivity index (χ1v) is 10.7. The van der Waals surface area contributed by atoms with Crippen LogP contribution in [0.4, 0.5) is 4.39 Å². The Kier molecular flexibility index (Phi) is 6.82. The third kappa shape index (κ3) is 5.75. The number of hydrogen-bond acceptors (Lipinski definition) is 4. The molecule has 28 heavy (non-hydrogen) atoms. The Morgan fingerprint density at radius 1 is 1.25 bits per heavy atom. The minimum absolute atomic E-state index is 0.0000847. The van der Waals surface area contributed by atoms with E-state index in [9.17, 15) is 22.4 Å². The molecule has 0 bridgehead atoms. The molecule has 1 aromatic carbocycles. The first-order valence-electron chi connectivity index (χ1n) is 9.22. The molecule has 0 radical (unpaired) electrons. The molecule has 0 unspecified atom stereocenters. The van der Waals surface area contributed by atoms with Gasteiger partial charge in [0.25, 0.3) is 0 Å². The summed E-state index contributed by atoms with van der Waals surface area (Å²) in [6.45, 7) is 5.82. The molecule has 0 saturated carbocycles. The number of benzene rings is 1. The highest BCUT2D eigenvalue weighted by Gasteiger charge is 2.34. The Balaban J connectivity index is 2.04. The minimum atomic E-state index is -3.80. The number of rotatable bonds is 5. The summed E-state index contributed by atoms with van der Waals surface area (Å²) in [5.41, 5.74) is -0.397. The monoisotopic (exact) mass is 413 g/mol. The number of piperidine rings is 1. The highest BCUT2D eigenvalue weighted by atomic mass is 32.2. The predicted octanol–water partition coefficient (Wildman–Crippen LogP) is 1.60. The molecule has 1 atom stereocenters. The molecule has 7 nitrogen and oxygen atoms in total. The van der Waals surface area contributed by atoms with Crippen LogP contribution in [0, 0.1) is 11.7 Å². The van der Waals surface area contributed by atoms with Gasteiger partial charge in [0, 0.05) is 25.7 Å². The number of nitrogens with one attached hydrogen (secondary N) is 1. The van der Waals surface area contributed by atoms with Gasteiger partial charge in [-0.1, -0.05) is 0 Å². The van der Waals surface area contributed by atoms with E-state index < -0.39 is 27.3 Å². The SMILES string of the molecule is CN(CC(=O)NC(C)(C)C)C(=O)[C@H]1CCCN(S(=O)(=O)c2ccc(F)cc2)C1. The molecule has 2 rings (SSSR count). The number of likely N-dealkylation sites (N-methyl/N-ethyl adjacent to an activating group) is 1. The fourth-order valence-corrected chi connectivity index (χ4v) is 4.70. The maximum absolute atomic E-state index is 13.1. The van der Waals surface area contributed by atoms with Gasteiger partial charge in [-0.2, -0.15) is 4.31 Å². The van der Waals surface area contributed by atoms with Crippen molar-refractivity contribution < 1.29 is 22.4 Å². The lowest BCUT2D eigenvalue weighted by atomic mass is 9.98. The number of nitrogens with zero attached hydrogens (tertiary/aromatic N) is 2. The lowest BCUT2D eigenvalue weighted by Crippen LogP contribution is -2.49. The second-order valence-electron chi connectivity index (χ2n) is 8.15. The van der Waals surface area contributed by atoms with E-state index in [1.54, 1.807) is 0 Å². The molecule has 1 heterocycles. The lowest BCUT2D eigenvalue weighted by molar-refractivity contribution is -0.139. The van der Waals surface area contributed by atoms with Crippen molar-refractivity contribution in [1.29, 1.82) is 0 Å². The zero-order chi connectivity index (χ0) is 21.1. The Hall–Kier alpha value is -2.00. The summed E-state index contributed by atoms with van der Waals surface area (Å²) in [7, 11) is -2.26. The van der Waals surface area contributed by atoms with Crippen molar-refractivity contribution >= 4 is 21.8 Å². The molecule has 0 aromatic heterocycles. The highest BCUT2D eigenvalue weighted by Crippen LogP contribution is 2.25. The van der Waals surface area contributed by atoms with Crippen molar-refractivity contribution in [3.05, 3.63) is 30.1 Å². The highest BCUT2D eigenvalue weighted by molar-refractivity contribution is 7.89. The second-order valence-corrected chi connectivity index (χ2v) is 10.1. The zero-order valence-electron chi connectivity index (χ0n) is 16.7. The van der Waals surface area contributed by atoms with Crippen LogP contribution < -0.4 is 5.32 Å². The maximum Gasteiger partial charge on any atom is 0.243 e. The normalized spacial score (nSPS) is 18.5. The zero-order valence-corrected chi connectivity index (χ0v) is 17.6. The summed E-state index contributed by atoms with van der Waals surface area (Å²) in [6.07, 6.45) is 1.10. The van der Waals surface area contributed by atoms with Crippen molar-refractivity contribution in [3.8, 4) is 0 Å². The summed E-state index contributed by atoms with van der Waals surface area (Å²) < 4.78 is 39.9. The summed E-state index contributed by atoms with van der Waals surface area (Å²) in [5.74, 6) is -1.56. The lowest BCUT2D eigenvalue weighted by Gasteiger charge is -2.33. The summed E-state index contributed by atoms with van der Waals surface area (Å²) in [6, 6.07) is 4.64. The van der Waals surface area contributed by atoms with Crippen LogP contribution in [0.5, 0.6) is 0 Å². The molecule has 2 amide bonds. The molecular formula is C19H28FN3O4S. The van der Waals surface area contributed by atoms with Gasteiger partial charge < -0.3 is 10.2 Å². The Morgan fingerprint density at radius 3 is 2.43 bits per heavy atom. The Bertz CT molecular complexity index is 819. The smallest absolute Gasteiger partial charge is 0.243 e. The first kappa shape index (κ1) is 22.3. The summed E-state index contributed by atoms with van der Waals surface area (Å²) >= 11 is 0. The van der Waals surface area contributed by atoms with Crippen molar-refractivity contribution in [2.45, 2.75) is 44.0 Å². The number of sulfonamides is 1. The van der Waals surface area contributed by atoms with Crippen LogP contribution in [0.1, 0.15) is 33.6 Å². The van der Waals surface area contributed by atoms with Crippen molar-refractivity contribution in [2.24, 2.45) is 5.92 Å². The van der Waals surface area contributed by atoms with Crippen LogP contribution in [0.2, 0.25) is 0 Å². The van der Waals surface area contributed by atoms with Gasteiger partial charge in [0.2, 0.25) is 21.8 Å². The fraction of sp³-hybridized carbons (Fsp3) is 0.579. The minimum Gasteiger partial charge on any atom is -0.350 e. The van der Waals surface area contributed by atoms with E-state index >= 15 is 0 Å². The van der Waals surface area contributed by atoms with Crippen LogP contribution >= 0.6 is 0 Å². The molecule has 1 saturated heterocycles. The van der Waals surface area contributed by atoms with Crippen molar-refractivity contribution in [1.82, 2.24) is 14.5 Å². The largest absolute Gasteiger partial charge is 0.350 e. The molecule has 0 aliphatic carbocycles. The van der Waals surface area contributed by atoms with Gasteiger partial charge in [0.15, 0.2) is 0 Å². The number of amides is 2. The first-order chi connectivity index (χ1) is 12.9. The van der Waals surface area contributed by atoms with Gasteiger partial charge in [-0.05, 0) is 57.9 Å². The predicted molar refractivity (Wildman–Crippen MR) is 103 cm³/mol. The molecule has 1 aromatic rings. The van der Waals surface area contributed by atoms with E-state index in [0.717, 1.165) is 12.1 Å². The van der Waals surface area contributed by atoms with Gasteiger partial charge in [-0.3, -0.25) is 9.59 Å². The molecule has 1 N–H and O–H groups in total. The average Bonchev–Trinajstić information content (AvgIpc) is 2.59. The van der Waals surface area contributed by atoms with E-state index in [4.69, 9.17) is 0 Å². The third-order valence-corrected chi connectivity index (χ3v) is 6.34. The second kappa shape index (κ2) is 8.57. The standard InChI is InChI=1S/C19H28FN3O4S/c1-19(2,3)21-17(24)13-22(4)18(25)14-6-5-11-23(12-14)28(26,27)16-9-7-15(20)8-10-16/h7-10,14H,5-6,11-13H2,1-4H3,(H,21,24)/t14-/m0/s1. The van der Waals surface area contributed by atoms with E-state index in [1.807, 2.05) is 20.8 Å². The van der Waals surface area contributed by atoms with E-state index in [-0.39, 0.29) is 29.8 Å². The third-order valence-electron chi connectivity index (χ3n) is 4.46. The van der Waals surface area contributed by atoms with E-state index in [2.05, 4.69) is 5.32 Å². The Labute approximate surface area is 165 Å². The summed E-state index contributed by atoms with van der Waals surface area (Å²) in [5, 5.41) is 2.80. The molecule has 0 spiro atoms. The quantitative estimate of drug-likeness (QED) is 0.794. The number of carbonyl (C=O) groups is 2. The number of hydrogen-bond donors (Lipinski definition) is 1. The van der Waals surface area contributed by atoms with Gasteiger partial charge in [-0.25, -0.2) is 12.8 Å². The number of carbonyl (C=O) groups excluding carboxylic acids is 2. The molecule has 9 heteroatoms. The van der Waals surface area contributed by atoms with Gasteiger partial charge >= 0.3 is 0 Å². The van der Waals surface area contributed by atoms with Crippen LogP contribution in [0.15, 0.2) is 29.2 Å². The molecule has 1 aliphatic rings. The molecule has 1 aliphatic heterocycles. The molecular weight excluding hydrogens is 385 g/mol. The van der Waals surface area contributed by atoms with Crippen LogP contribution in [-0.2, 0) is 19.6 Å². The fourth-order valence-electron chi connectivity index (χ4n) is 3.18.